The average molecular weight is 212 g/mol. The Labute approximate surface area is 93.7 Å². The van der Waals surface area contributed by atoms with Crippen LogP contribution >= 0.6 is 0 Å². The largest absolute Gasteiger partial charge is 0.466 e. The smallest absolute Gasteiger partial charge is 0.309 e. The zero-order valence-corrected chi connectivity index (χ0v) is 10.7. The summed E-state index contributed by atoms with van der Waals surface area (Å²) in [5.41, 5.74) is 0.112. The van der Waals surface area contributed by atoms with Gasteiger partial charge in [0.25, 0.3) is 0 Å². The quantitative estimate of drug-likeness (QED) is 0.515. The predicted molar refractivity (Wildman–Crippen MR) is 63.6 cm³/mol. The van der Waals surface area contributed by atoms with Gasteiger partial charge in [0.05, 0.1) is 12.5 Å². The lowest BCUT2D eigenvalue weighted by atomic mass is 9.73. The zero-order valence-electron chi connectivity index (χ0n) is 10.7. The van der Waals surface area contributed by atoms with Crippen LogP contribution in [0.2, 0.25) is 0 Å². The van der Waals surface area contributed by atoms with E-state index >= 15 is 0 Å². The summed E-state index contributed by atoms with van der Waals surface area (Å²) in [6.07, 6.45) is 2.49. The van der Waals surface area contributed by atoms with Crippen LogP contribution in [0, 0.1) is 17.3 Å². The van der Waals surface area contributed by atoms with Gasteiger partial charge in [-0.3, -0.25) is 4.79 Å². The molecule has 0 fully saturated rings. The zero-order chi connectivity index (χ0) is 12.1. The van der Waals surface area contributed by atoms with E-state index in [-0.39, 0.29) is 23.2 Å². The van der Waals surface area contributed by atoms with E-state index in [9.17, 15) is 4.79 Å². The molecule has 0 bridgehead atoms. The van der Waals surface area contributed by atoms with Crippen LogP contribution in [0.15, 0.2) is 12.7 Å². The number of rotatable bonds is 5. The van der Waals surface area contributed by atoms with Crippen molar-refractivity contribution in [3.05, 3.63) is 12.7 Å². The SMILES string of the molecule is C=CC[C@@H](C(=O)OCC)[C@H](C)C(C)(C)C. The minimum atomic E-state index is -0.0974. The second-order valence-electron chi connectivity index (χ2n) is 5.04. The van der Waals surface area contributed by atoms with E-state index in [1.165, 1.54) is 0 Å². The lowest BCUT2D eigenvalue weighted by molar-refractivity contribution is -0.151. The standard InChI is InChI=1S/C13H24O2/c1-7-9-11(12(14)15-8-2)10(3)13(4,5)6/h7,10-11H,1,8-9H2,2-6H3/t10-,11+/m0/s1. The van der Waals surface area contributed by atoms with Gasteiger partial charge in [-0.15, -0.1) is 6.58 Å². The molecule has 2 atom stereocenters. The Hall–Kier alpha value is -0.790. The molecule has 0 spiro atoms. The second-order valence-corrected chi connectivity index (χ2v) is 5.04. The number of carbonyl (C=O) groups is 1. The molecule has 0 saturated heterocycles. The van der Waals surface area contributed by atoms with Gasteiger partial charge < -0.3 is 4.74 Å². The number of esters is 1. The predicted octanol–water partition coefficient (Wildman–Crippen LogP) is 3.42. The van der Waals surface area contributed by atoms with E-state index < -0.39 is 0 Å². The molecule has 0 N–H and O–H groups in total. The summed E-state index contributed by atoms with van der Waals surface area (Å²) in [4.78, 5) is 11.8. The maximum absolute atomic E-state index is 11.8. The van der Waals surface area contributed by atoms with E-state index in [0.29, 0.717) is 13.0 Å². The van der Waals surface area contributed by atoms with Crippen molar-refractivity contribution in [3.63, 3.8) is 0 Å². The number of ether oxygens (including phenoxy) is 1. The molecule has 0 aromatic carbocycles. The Morgan fingerprint density at radius 1 is 1.47 bits per heavy atom. The van der Waals surface area contributed by atoms with Crippen molar-refractivity contribution >= 4 is 5.97 Å². The summed E-state index contributed by atoms with van der Waals surface area (Å²) in [5, 5.41) is 0. The third kappa shape index (κ3) is 4.50. The van der Waals surface area contributed by atoms with Gasteiger partial charge in [-0.25, -0.2) is 0 Å². The van der Waals surface area contributed by atoms with E-state index in [0.717, 1.165) is 0 Å². The Bertz CT molecular complexity index is 213. The van der Waals surface area contributed by atoms with Crippen molar-refractivity contribution in [3.8, 4) is 0 Å². The molecule has 0 aromatic heterocycles. The maximum atomic E-state index is 11.8. The van der Waals surface area contributed by atoms with Crippen LogP contribution < -0.4 is 0 Å². The molecule has 0 amide bonds. The van der Waals surface area contributed by atoms with E-state index in [1.54, 1.807) is 6.08 Å². The van der Waals surface area contributed by atoms with Gasteiger partial charge in [0.2, 0.25) is 0 Å². The monoisotopic (exact) mass is 212 g/mol. The van der Waals surface area contributed by atoms with Gasteiger partial charge in [0.1, 0.15) is 0 Å². The van der Waals surface area contributed by atoms with Crippen LogP contribution in [-0.4, -0.2) is 12.6 Å². The Morgan fingerprint density at radius 2 is 2.00 bits per heavy atom. The van der Waals surface area contributed by atoms with Gasteiger partial charge in [-0.1, -0.05) is 33.8 Å². The van der Waals surface area contributed by atoms with Crippen LogP contribution in [0.3, 0.4) is 0 Å². The molecule has 2 heteroatoms. The summed E-state index contributed by atoms with van der Waals surface area (Å²) >= 11 is 0. The van der Waals surface area contributed by atoms with Gasteiger partial charge in [-0.2, -0.15) is 0 Å². The van der Waals surface area contributed by atoms with Crippen molar-refractivity contribution in [1.29, 1.82) is 0 Å². The first-order valence-corrected chi connectivity index (χ1v) is 5.62. The molecule has 0 saturated carbocycles. The second kappa shape index (κ2) is 5.94. The molecule has 0 aliphatic carbocycles. The van der Waals surface area contributed by atoms with Crippen molar-refractivity contribution in [2.45, 2.75) is 41.0 Å². The first-order chi connectivity index (χ1) is 6.84. The van der Waals surface area contributed by atoms with Gasteiger partial charge >= 0.3 is 5.97 Å². The molecule has 0 heterocycles. The molecule has 0 radical (unpaired) electrons. The summed E-state index contributed by atoms with van der Waals surface area (Å²) in [6.45, 7) is 14.5. The fourth-order valence-corrected chi connectivity index (χ4v) is 1.54. The van der Waals surface area contributed by atoms with Crippen LogP contribution in [0.4, 0.5) is 0 Å². The van der Waals surface area contributed by atoms with E-state index in [1.807, 2.05) is 6.92 Å². The highest BCUT2D eigenvalue weighted by Crippen LogP contribution is 2.34. The molecular weight excluding hydrogens is 188 g/mol. The van der Waals surface area contributed by atoms with Crippen molar-refractivity contribution in [2.24, 2.45) is 17.3 Å². The summed E-state index contributed by atoms with van der Waals surface area (Å²) in [5.74, 6) is 0.122. The fraction of sp³-hybridized carbons (Fsp3) is 0.769. The molecule has 2 nitrogen and oxygen atoms in total. The normalized spacial score (nSPS) is 15.5. The first kappa shape index (κ1) is 14.2. The highest BCUT2D eigenvalue weighted by atomic mass is 16.5. The third-order valence-corrected chi connectivity index (χ3v) is 2.98. The van der Waals surface area contributed by atoms with Gasteiger partial charge in [-0.05, 0) is 24.7 Å². The Morgan fingerprint density at radius 3 is 2.33 bits per heavy atom. The van der Waals surface area contributed by atoms with E-state index in [4.69, 9.17) is 4.74 Å². The van der Waals surface area contributed by atoms with Crippen LogP contribution in [0.25, 0.3) is 0 Å². The highest BCUT2D eigenvalue weighted by Gasteiger charge is 2.33. The third-order valence-electron chi connectivity index (χ3n) is 2.98. The summed E-state index contributed by atoms with van der Waals surface area (Å²) in [6, 6.07) is 0. The number of hydrogen-bond donors (Lipinski definition) is 0. The van der Waals surface area contributed by atoms with Crippen LogP contribution in [0.1, 0.15) is 41.0 Å². The van der Waals surface area contributed by atoms with Crippen molar-refractivity contribution in [1.82, 2.24) is 0 Å². The summed E-state index contributed by atoms with van der Waals surface area (Å²) < 4.78 is 5.09. The van der Waals surface area contributed by atoms with E-state index in [2.05, 4.69) is 34.3 Å². The van der Waals surface area contributed by atoms with Gasteiger partial charge in [0.15, 0.2) is 0 Å². The lowest BCUT2D eigenvalue weighted by Crippen LogP contribution is -2.32. The molecule has 0 unspecified atom stereocenters. The molecule has 15 heavy (non-hydrogen) atoms. The summed E-state index contributed by atoms with van der Waals surface area (Å²) in [7, 11) is 0. The Balaban J connectivity index is 4.64. The minimum absolute atomic E-state index is 0.0672. The van der Waals surface area contributed by atoms with Crippen LogP contribution in [0.5, 0.6) is 0 Å². The average Bonchev–Trinajstić information content (AvgIpc) is 2.12. The molecule has 0 aliphatic heterocycles. The molecule has 0 rings (SSSR count). The number of allylic oxidation sites excluding steroid dienone is 1. The minimum Gasteiger partial charge on any atom is -0.466 e. The molecule has 0 aliphatic rings. The fourth-order valence-electron chi connectivity index (χ4n) is 1.54. The Kier molecular flexibility index (Phi) is 5.63. The topological polar surface area (TPSA) is 26.3 Å². The highest BCUT2D eigenvalue weighted by molar-refractivity contribution is 5.73. The van der Waals surface area contributed by atoms with Crippen LogP contribution in [-0.2, 0) is 9.53 Å². The van der Waals surface area contributed by atoms with Gasteiger partial charge in [0, 0.05) is 0 Å². The molecule has 88 valence electrons. The van der Waals surface area contributed by atoms with Crippen molar-refractivity contribution in [2.75, 3.05) is 6.61 Å². The molecular formula is C13H24O2. The maximum Gasteiger partial charge on any atom is 0.309 e. The van der Waals surface area contributed by atoms with Crippen molar-refractivity contribution < 1.29 is 9.53 Å². The number of carbonyl (C=O) groups excluding carboxylic acids is 1. The molecule has 0 aromatic rings. The first-order valence-electron chi connectivity index (χ1n) is 5.62. The number of hydrogen-bond acceptors (Lipinski definition) is 2. The lowest BCUT2D eigenvalue weighted by Gasteiger charge is -2.32.